The van der Waals surface area contributed by atoms with E-state index in [4.69, 9.17) is 18.9 Å². The number of hydrogen-bond donors (Lipinski definition) is 2. The molecule has 2 saturated heterocycles. The fourth-order valence-electron chi connectivity index (χ4n) is 8.33. The van der Waals surface area contributed by atoms with Crippen LogP contribution in [0.4, 0.5) is 0 Å². The first-order valence-corrected chi connectivity index (χ1v) is 47.4. The molecule has 684 valence electrons. The van der Waals surface area contributed by atoms with E-state index in [1.54, 1.807) is 0 Å². The molecular weight excluding hydrogens is 2350 g/mol. The molecule has 18 atom stereocenters. The zero-order valence-electron chi connectivity index (χ0n) is 68.5. The van der Waals surface area contributed by atoms with Gasteiger partial charge < -0.3 is 102 Å². The van der Waals surface area contributed by atoms with Crippen molar-refractivity contribution in [3.63, 3.8) is 0 Å². The molecule has 2 aliphatic rings. The van der Waals surface area contributed by atoms with Crippen LogP contribution in [0.15, 0.2) is 0 Å². The molecule has 0 radical (unpaired) electrons. The SMILES string of the molecule is O=C(NCCCNC(=O)C(OS(=O)(=O)[O-])C(OS(=O)(=O)[O-])C(O[C@@H]1O[C@H](COS(=O)(=O)[O-])[C@H](OS(=O)(=O)[O-])[C@H](OS(=O)(=O)[O-])[C@H]1OS(=O)(=O)[O-])C(COS(=O)(=O)[O-])OS(=O)(=O)[O-])C(OS(=O)(=O)[O-])C(OS(=O)(=O)[O-])C(O[C@@H]1O[C@H](COS(=O)(=O)[O-])[C@H](OS(=O)(=O)[O-])[C@H](OS(=O)(=O)[O-])[C@H]1OS(=O)(=O)[O-])C(COS(=O)(=O)[O-])OS(=O)(=O)[O-].[Na+].[Na+].[Na+].[Na+].[Na+].[Na+].[Na+].[Na+].[Na+].[Na+].[Na+].[Na+].[Na+].[Na+].[Na+].[Na+]. The quantitative estimate of drug-likeness (QED) is 0.0247. The molecule has 0 aromatic rings. The predicted molar refractivity (Wildman–Crippen MR) is 295 cm³/mol. The van der Waals surface area contributed by atoms with E-state index in [1.165, 1.54) is 0 Å². The first kappa shape index (κ1) is 177. The maximum atomic E-state index is 14.0. The summed E-state index contributed by atoms with van der Waals surface area (Å²) >= 11 is 0. The summed E-state index contributed by atoms with van der Waals surface area (Å²) < 4.78 is 655. The van der Waals surface area contributed by atoms with Gasteiger partial charge in [0.15, 0.2) is 37.0 Å². The Kier molecular flexibility index (Phi) is 98.9. The number of rotatable bonds is 52. The van der Waals surface area contributed by atoms with Crippen LogP contribution in [-0.2, 0) is 262 Å². The average Bonchev–Trinajstić information content (AvgIpc) is 0.765. The summed E-state index contributed by atoms with van der Waals surface area (Å²) in [6.07, 6.45) is -76.6. The summed E-state index contributed by atoms with van der Waals surface area (Å²) in [6.45, 7) is -14.5. The Balaban J connectivity index is -0.000000647. The standard InChI is InChI=1S/C27H50N2O70S16.16Na/c30-24(20(96-112(68,69)70)16(92-108(56,57)58)12(10(88-104(44,45)46)6-82-102(38,39)40)86-26-22(98-114(74,75)76)18(94-110(62,63)64)14(90-106(50,51)52)8(84-26)4-80-100(32,33)34)28-2-1-3-29-25(31)21(97-113(71,72)73)17(93-109(59,60)61)13(11(89-105(47,48)49)7-83-103(41,42)43)87-27-23(99-115(77,78)79)19(95-111(65,66)67)15(91-107(53,54)55)9(85-27)5-81-101(35,36)37;;;;;;;;;;;;;;;;/h8-23,26-27H,1-7H2,(H,28,30)(H,29,31)(H,32,33,34)(H,35,36,37)(H,38,39,40)(H,41,42,43)(H,44,45,46)(H,47,48,49)(H,50,51,52)(H,53,54,55)(H,56,57,58)(H,59,60,61)(H,62,63,64)(H,65,66,67)(H,68,69,70)(H,71,72,73)(H,74,75,76)(H,77,78,79);;;;;;;;;;;;;;;;/q;16*+1/p-16/t8-,9-,10?,11?,12?,13?,14+,15+,16?,17?,18+,19+,20?,21?,22-,23-,26+,27+;;;;;;;;;;;;;;;;/m1................/s1. The summed E-state index contributed by atoms with van der Waals surface area (Å²) in [5.41, 5.74) is 0. The summed E-state index contributed by atoms with van der Waals surface area (Å²) in [5.74, 6) is -5.90. The van der Waals surface area contributed by atoms with Crippen LogP contribution in [0.25, 0.3) is 0 Å². The minimum atomic E-state index is -7.32. The second-order valence-electron chi connectivity index (χ2n) is 19.7. The molecule has 0 aromatic heterocycles. The van der Waals surface area contributed by atoms with E-state index in [1.807, 2.05) is 0 Å². The first-order chi connectivity index (χ1) is 50.8. The maximum absolute atomic E-state index is 14.0. The van der Waals surface area contributed by atoms with E-state index in [-0.39, 0.29) is 473 Å². The molecule has 0 aliphatic carbocycles. The fourth-order valence-corrected chi connectivity index (χ4v) is 15.3. The Labute approximate surface area is 1100 Å². The van der Waals surface area contributed by atoms with Gasteiger partial charge in [-0.1, -0.05) is 0 Å². The van der Waals surface area contributed by atoms with Gasteiger partial charge in [0.05, 0.1) is 26.4 Å². The van der Waals surface area contributed by atoms with Crippen molar-refractivity contribution in [2.24, 2.45) is 0 Å². The molecular formula is C27H34N2Na16O70S16. The van der Waals surface area contributed by atoms with Crippen LogP contribution < -0.4 is 484 Å². The van der Waals surface area contributed by atoms with E-state index in [2.05, 4.69) is 66.9 Å². The maximum Gasteiger partial charge on any atom is 1.00 e. The Morgan fingerprint density at radius 3 is 0.634 bits per heavy atom. The summed E-state index contributed by atoms with van der Waals surface area (Å²) in [6, 6.07) is 0. The summed E-state index contributed by atoms with van der Waals surface area (Å²) in [7, 11) is -111. The van der Waals surface area contributed by atoms with Crippen molar-refractivity contribution >= 4 is 178 Å². The van der Waals surface area contributed by atoms with Crippen LogP contribution in [0.3, 0.4) is 0 Å². The van der Waals surface area contributed by atoms with Crippen molar-refractivity contribution in [1.82, 2.24) is 10.6 Å². The number of amides is 2. The van der Waals surface area contributed by atoms with E-state index >= 15 is 0 Å². The van der Waals surface area contributed by atoms with E-state index in [9.17, 15) is 217 Å². The van der Waals surface area contributed by atoms with Crippen LogP contribution in [0.2, 0.25) is 0 Å². The van der Waals surface area contributed by atoms with Crippen molar-refractivity contribution in [3.8, 4) is 0 Å². The van der Waals surface area contributed by atoms with Crippen LogP contribution in [0.1, 0.15) is 6.42 Å². The molecule has 2 fully saturated rings. The first-order valence-electron chi connectivity index (χ1n) is 26.0. The molecule has 8 unspecified atom stereocenters. The Bertz CT molecular complexity index is 5100. The van der Waals surface area contributed by atoms with Crippen molar-refractivity contribution in [1.29, 1.82) is 0 Å². The summed E-state index contributed by atoms with van der Waals surface area (Å²) in [5, 5.41) is 2.29. The van der Waals surface area contributed by atoms with Gasteiger partial charge in [0.2, 0.25) is 166 Å². The van der Waals surface area contributed by atoms with E-state index < -0.39 is 334 Å². The van der Waals surface area contributed by atoms with Crippen molar-refractivity contribution in [3.05, 3.63) is 0 Å². The second kappa shape index (κ2) is 73.3. The zero-order chi connectivity index (χ0) is 90.1. The Morgan fingerprint density at radius 1 is 0.244 bits per heavy atom. The van der Waals surface area contributed by atoms with Crippen molar-refractivity contribution in [2.45, 2.75) is 117 Å². The molecule has 2 amide bonds. The molecule has 2 heterocycles. The van der Waals surface area contributed by atoms with Crippen molar-refractivity contribution < 1.29 is 776 Å². The largest absolute Gasteiger partial charge is 1.00 e. The third-order valence-corrected chi connectivity index (χ3v) is 18.7. The monoisotopic (exact) mass is 2390 g/mol. The van der Waals surface area contributed by atoms with Crippen LogP contribution in [0.5, 0.6) is 0 Å². The van der Waals surface area contributed by atoms with Gasteiger partial charge >= 0.3 is 473 Å². The number of carbonyl (C=O) groups is 2. The van der Waals surface area contributed by atoms with Gasteiger partial charge in [-0.3, -0.25) is 76.5 Å². The molecule has 131 heavy (non-hydrogen) atoms. The minimum Gasteiger partial charge on any atom is -0.726 e. The molecule has 2 aliphatic heterocycles. The van der Waals surface area contributed by atoms with Crippen molar-refractivity contribution in [2.75, 3.05) is 39.5 Å². The predicted octanol–water partition coefficient (Wildman–Crippen LogP) is -68.1. The summed E-state index contributed by atoms with van der Waals surface area (Å²) in [4.78, 5) is 28.1. The van der Waals surface area contributed by atoms with Gasteiger partial charge in [-0.15, -0.1) is 0 Å². The third-order valence-electron chi connectivity index (χ3n) is 11.5. The molecule has 2 rings (SSSR count). The molecule has 0 bridgehead atoms. The minimum absolute atomic E-state index is 0. The molecule has 0 saturated carbocycles. The zero-order valence-corrected chi connectivity index (χ0v) is 114. The fraction of sp³-hybridized carbons (Fsp3) is 0.926. The van der Waals surface area contributed by atoms with Gasteiger partial charge in [0.1, 0.15) is 73.2 Å². The number of hydrogen-bond acceptors (Lipinski definition) is 70. The van der Waals surface area contributed by atoms with Gasteiger partial charge in [-0.25, -0.2) is 135 Å². The number of ether oxygens (including phenoxy) is 4. The van der Waals surface area contributed by atoms with Crippen LogP contribution in [-0.4, -0.2) is 369 Å². The van der Waals surface area contributed by atoms with Gasteiger partial charge in [0, 0.05) is 13.1 Å². The van der Waals surface area contributed by atoms with E-state index in [0.29, 0.717) is 0 Å². The second-order valence-corrected chi connectivity index (χ2v) is 36.0. The number of carbonyl (C=O) groups excluding carboxylic acids is 2. The smallest absolute Gasteiger partial charge is 0.726 e. The van der Waals surface area contributed by atoms with Gasteiger partial charge in [-0.2, -0.15) is 0 Å². The normalized spacial score (nSPS) is 21.3. The van der Waals surface area contributed by atoms with Gasteiger partial charge in [0.25, 0.3) is 11.8 Å². The topological polar surface area (TPSA) is 1160 Å². The molecule has 104 heteroatoms. The van der Waals surface area contributed by atoms with Crippen LogP contribution in [0, 0.1) is 0 Å². The van der Waals surface area contributed by atoms with Gasteiger partial charge in [-0.05, 0) is 6.42 Å². The molecule has 72 nitrogen and oxygen atoms in total. The number of nitrogens with one attached hydrogen (secondary N) is 2. The van der Waals surface area contributed by atoms with Crippen LogP contribution >= 0.6 is 0 Å². The Hall–Kier alpha value is 12.7. The molecule has 0 spiro atoms. The van der Waals surface area contributed by atoms with E-state index in [0.717, 1.165) is 10.6 Å². The third kappa shape index (κ3) is 82.8. The Morgan fingerprint density at radius 2 is 0.443 bits per heavy atom. The molecule has 0 aromatic carbocycles. The molecule has 2 N–H and O–H groups in total. The average molecular weight is 2390 g/mol.